The lowest BCUT2D eigenvalue weighted by Gasteiger charge is -2.39. The van der Waals surface area contributed by atoms with Crippen LogP contribution in [0, 0.1) is 0 Å². The minimum atomic E-state index is -0.458. The van der Waals surface area contributed by atoms with E-state index in [2.05, 4.69) is 0 Å². The van der Waals surface area contributed by atoms with Crippen LogP contribution in [-0.4, -0.2) is 44.4 Å². The first kappa shape index (κ1) is 14.8. The molecule has 5 heteroatoms. The van der Waals surface area contributed by atoms with Crippen LogP contribution in [0.15, 0.2) is 30.3 Å². The van der Waals surface area contributed by atoms with Gasteiger partial charge in [-0.3, -0.25) is 0 Å². The van der Waals surface area contributed by atoms with Gasteiger partial charge >= 0.3 is 0 Å². The predicted octanol–water partition coefficient (Wildman–Crippen LogP) is 1.70. The zero-order chi connectivity index (χ0) is 14.5. The van der Waals surface area contributed by atoms with Crippen LogP contribution in [0.3, 0.4) is 0 Å². The Kier molecular flexibility index (Phi) is 4.75. The minimum absolute atomic E-state index is 0.0313. The summed E-state index contributed by atoms with van der Waals surface area (Å²) in [7, 11) is 0. The molecule has 1 spiro atoms. The highest BCUT2D eigenvalue weighted by atomic mass is 16.7. The van der Waals surface area contributed by atoms with E-state index in [9.17, 15) is 0 Å². The van der Waals surface area contributed by atoms with Gasteiger partial charge in [-0.2, -0.15) is 0 Å². The van der Waals surface area contributed by atoms with Crippen molar-refractivity contribution < 1.29 is 18.9 Å². The summed E-state index contributed by atoms with van der Waals surface area (Å²) in [5.41, 5.74) is 6.15. The third-order valence-corrected chi connectivity index (χ3v) is 4.09. The van der Waals surface area contributed by atoms with Gasteiger partial charge in [0, 0.05) is 18.9 Å². The van der Waals surface area contributed by atoms with Crippen molar-refractivity contribution in [1.82, 2.24) is 0 Å². The number of benzene rings is 1. The number of nitrogens with two attached hydrogens (primary N) is 1. The maximum atomic E-state index is 6.15. The van der Waals surface area contributed by atoms with Crippen LogP contribution < -0.4 is 10.5 Å². The highest BCUT2D eigenvalue weighted by Crippen LogP contribution is 2.36. The second-order valence-corrected chi connectivity index (χ2v) is 5.59. The normalized spacial score (nSPS) is 27.9. The zero-order valence-corrected chi connectivity index (χ0v) is 12.2. The Hall–Kier alpha value is -1.14. The number of hydrogen-bond donors (Lipinski definition) is 1. The summed E-state index contributed by atoms with van der Waals surface area (Å²) in [5.74, 6) is 0.397. The van der Waals surface area contributed by atoms with Crippen LogP contribution in [0.4, 0.5) is 0 Å². The van der Waals surface area contributed by atoms with Crippen molar-refractivity contribution in [1.29, 1.82) is 0 Å². The van der Waals surface area contributed by atoms with Gasteiger partial charge in [-0.25, -0.2) is 0 Å². The molecule has 0 amide bonds. The lowest BCUT2D eigenvalue weighted by molar-refractivity contribution is -0.205. The van der Waals surface area contributed by atoms with Crippen LogP contribution >= 0.6 is 0 Å². The van der Waals surface area contributed by atoms with Gasteiger partial charge in [0.15, 0.2) is 5.79 Å². The van der Waals surface area contributed by atoms with E-state index in [1.165, 1.54) is 0 Å². The summed E-state index contributed by atoms with van der Waals surface area (Å²) in [6, 6.07) is 9.77. The van der Waals surface area contributed by atoms with E-state index in [0.29, 0.717) is 32.8 Å². The lowest BCUT2D eigenvalue weighted by Crippen LogP contribution is -2.50. The van der Waals surface area contributed by atoms with Crippen molar-refractivity contribution in [3.63, 3.8) is 0 Å². The molecule has 2 N–H and O–H groups in total. The molecule has 1 aromatic rings. The van der Waals surface area contributed by atoms with Crippen LogP contribution in [0.5, 0.6) is 5.75 Å². The molecular formula is C16H23NO4. The average Bonchev–Trinajstić information content (AvgIpc) is 2.97. The quantitative estimate of drug-likeness (QED) is 0.837. The molecule has 3 rings (SSSR count). The molecule has 116 valence electrons. The van der Waals surface area contributed by atoms with Gasteiger partial charge in [0.25, 0.3) is 0 Å². The molecule has 0 aromatic heterocycles. The van der Waals surface area contributed by atoms with Crippen LogP contribution in [-0.2, 0) is 14.2 Å². The highest BCUT2D eigenvalue weighted by molar-refractivity contribution is 5.20. The smallest absolute Gasteiger partial charge is 0.171 e. The summed E-state index contributed by atoms with van der Waals surface area (Å²) in [6.45, 7) is 2.36. The van der Waals surface area contributed by atoms with Crippen LogP contribution in [0.2, 0.25) is 0 Å². The molecule has 2 fully saturated rings. The van der Waals surface area contributed by atoms with Crippen molar-refractivity contribution >= 4 is 0 Å². The standard InChI is InChI=1S/C16H23NO4/c17-14-6-7-16(20-10-11-21-16)12-15(14)19-9-8-18-13-4-2-1-3-5-13/h1-5,14-15H,6-12,17H2. The van der Waals surface area contributed by atoms with Crippen molar-refractivity contribution in [2.24, 2.45) is 5.73 Å². The maximum Gasteiger partial charge on any atom is 0.171 e. The first-order chi connectivity index (χ1) is 10.3. The van der Waals surface area contributed by atoms with E-state index in [4.69, 9.17) is 24.7 Å². The first-order valence-corrected chi connectivity index (χ1v) is 7.60. The Balaban J connectivity index is 1.43. The number of hydrogen-bond acceptors (Lipinski definition) is 5. The van der Waals surface area contributed by atoms with E-state index < -0.39 is 5.79 Å². The Labute approximate surface area is 125 Å². The fourth-order valence-corrected chi connectivity index (χ4v) is 2.95. The number of ether oxygens (including phenoxy) is 4. The maximum absolute atomic E-state index is 6.15. The summed E-state index contributed by atoms with van der Waals surface area (Å²) in [6.07, 6.45) is 2.40. The molecule has 21 heavy (non-hydrogen) atoms. The van der Waals surface area contributed by atoms with Gasteiger partial charge in [-0.1, -0.05) is 18.2 Å². The summed E-state index contributed by atoms with van der Waals surface area (Å²) in [5, 5.41) is 0. The van der Waals surface area contributed by atoms with Gasteiger partial charge in [0.1, 0.15) is 12.4 Å². The van der Waals surface area contributed by atoms with Gasteiger partial charge in [-0.05, 0) is 18.6 Å². The Morgan fingerprint density at radius 2 is 1.90 bits per heavy atom. The first-order valence-electron chi connectivity index (χ1n) is 7.60. The topological polar surface area (TPSA) is 62.9 Å². The molecule has 0 bridgehead atoms. The largest absolute Gasteiger partial charge is 0.491 e. The Bertz CT molecular complexity index is 433. The van der Waals surface area contributed by atoms with E-state index in [1.807, 2.05) is 30.3 Å². The third-order valence-electron chi connectivity index (χ3n) is 4.09. The minimum Gasteiger partial charge on any atom is -0.491 e. The van der Waals surface area contributed by atoms with E-state index in [0.717, 1.165) is 18.6 Å². The molecule has 5 nitrogen and oxygen atoms in total. The Morgan fingerprint density at radius 1 is 1.14 bits per heavy atom. The zero-order valence-electron chi connectivity index (χ0n) is 12.2. The van der Waals surface area contributed by atoms with Crippen molar-refractivity contribution in [3.05, 3.63) is 30.3 Å². The van der Waals surface area contributed by atoms with Gasteiger partial charge in [-0.15, -0.1) is 0 Å². The molecule has 1 heterocycles. The lowest BCUT2D eigenvalue weighted by atomic mass is 9.88. The molecule has 1 aromatic carbocycles. The molecule has 2 unspecified atom stereocenters. The monoisotopic (exact) mass is 293 g/mol. The van der Waals surface area contributed by atoms with E-state index in [-0.39, 0.29) is 12.1 Å². The van der Waals surface area contributed by atoms with E-state index >= 15 is 0 Å². The number of para-hydroxylation sites is 1. The van der Waals surface area contributed by atoms with E-state index in [1.54, 1.807) is 0 Å². The average molecular weight is 293 g/mol. The summed E-state index contributed by atoms with van der Waals surface area (Å²) in [4.78, 5) is 0. The van der Waals surface area contributed by atoms with Crippen molar-refractivity contribution in [2.75, 3.05) is 26.4 Å². The van der Waals surface area contributed by atoms with Gasteiger partial charge in [0.2, 0.25) is 0 Å². The second-order valence-electron chi connectivity index (χ2n) is 5.59. The fraction of sp³-hybridized carbons (Fsp3) is 0.625. The molecule has 1 aliphatic heterocycles. The third kappa shape index (κ3) is 3.74. The molecule has 1 aliphatic carbocycles. The summed E-state index contributed by atoms with van der Waals surface area (Å²) >= 11 is 0. The Morgan fingerprint density at radius 3 is 2.67 bits per heavy atom. The second kappa shape index (κ2) is 6.75. The van der Waals surface area contributed by atoms with Crippen molar-refractivity contribution in [3.8, 4) is 5.75 Å². The number of rotatable bonds is 5. The SMILES string of the molecule is NC1CCC2(CC1OCCOc1ccccc1)OCCO2. The fourth-order valence-electron chi connectivity index (χ4n) is 2.95. The van der Waals surface area contributed by atoms with Crippen molar-refractivity contribution in [2.45, 2.75) is 37.2 Å². The molecule has 2 aliphatic rings. The molecule has 0 radical (unpaired) electrons. The molecule has 1 saturated carbocycles. The molecular weight excluding hydrogens is 270 g/mol. The summed E-state index contributed by atoms with van der Waals surface area (Å²) < 4.78 is 23.0. The predicted molar refractivity (Wildman–Crippen MR) is 78.1 cm³/mol. The molecule has 1 saturated heterocycles. The van der Waals surface area contributed by atoms with Crippen LogP contribution in [0.1, 0.15) is 19.3 Å². The molecule has 2 atom stereocenters. The van der Waals surface area contributed by atoms with Gasteiger partial charge < -0.3 is 24.7 Å². The van der Waals surface area contributed by atoms with Crippen LogP contribution in [0.25, 0.3) is 0 Å². The van der Waals surface area contributed by atoms with Gasteiger partial charge in [0.05, 0.1) is 25.9 Å². The highest BCUT2D eigenvalue weighted by Gasteiger charge is 2.44.